The van der Waals surface area contributed by atoms with E-state index in [0.29, 0.717) is 12.2 Å². The van der Waals surface area contributed by atoms with Crippen molar-refractivity contribution in [2.45, 2.75) is 25.6 Å². The van der Waals surface area contributed by atoms with Gasteiger partial charge in [0.25, 0.3) is 5.91 Å². The lowest BCUT2D eigenvalue weighted by atomic mass is 10.1. The zero-order valence-corrected chi connectivity index (χ0v) is 14.6. The number of nitrogens with one attached hydrogen (secondary N) is 1. The minimum atomic E-state index is -4.61. The molecular weight excluding hydrogens is 371 g/mol. The van der Waals surface area contributed by atoms with E-state index in [1.807, 2.05) is 6.92 Å². The maximum atomic E-state index is 12.8. The van der Waals surface area contributed by atoms with Crippen molar-refractivity contribution < 1.29 is 27.8 Å². The highest BCUT2D eigenvalue weighted by molar-refractivity contribution is 6.31. The average Bonchev–Trinajstić information content (AvgIpc) is 2.60. The van der Waals surface area contributed by atoms with Crippen LogP contribution >= 0.6 is 11.6 Å². The number of ether oxygens (including phenoxy) is 1. The number of halogens is 4. The number of carbonyl (C=O) groups is 1. The van der Waals surface area contributed by atoms with E-state index in [4.69, 9.17) is 16.3 Å². The van der Waals surface area contributed by atoms with Gasteiger partial charge in [0.15, 0.2) is 6.61 Å². The van der Waals surface area contributed by atoms with Crippen molar-refractivity contribution in [2.75, 3.05) is 11.9 Å². The molecule has 0 aliphatic rings. The first-order valence-corrected chi connectivity index (χ1v) is 8.16. The quantitative estimate of drug-likeness (QED) is 0.747. The Kier molecular flexibility index (Phi) is 6.50. The van der Waals surface area contributed by atoms with Gasteiger partial charge in [-0.2, -0.15) is 13.2 Å². The summed E-state index contributed by atoms with van der Waals surface area (Å²) in [5.74, 6) is -0.211. The fraction of sp³-hybridized carbons (Fsp3) is 0.278. The first-order valence-electron chi connectivity index (χ1n) is 7.78. The molecule has 4 nitrogen and oxygen atoms in total. The number of hydrogen-bond donors (Lipinski definition) is 2. The number of benzene rings is 2. The molecule has 2 rings (SSSR count). The van der Waals surface area contributed by atoms with Gasteiger partial charge in [-0.25, -0.2) is 0 Å². The van der Waals surface area contributed by atoms with Gasteiger partial charge in [0.2, 0.25) is 0 Å². The maximum absolute atomic E-state index is 12.8. The molecule has 26 heavy (non-hydrogen) atoms. The van der Waals surface area contributed by atoms with Gasteiger partial charge in [-0.15, -0.1) is 0 Å². The van der Waals surface area contributed by atoms with Gasteiger partial charge in [0.1, 0.15) is 5.75 Å². The molecule has 0 heterocycles. The highest BCUT2D eigenvalue weighted by Crippen LogP contribution is 2.36. The molecule has 0 spiro atoms. The zero-order valence-electron chi connectivity index (χ0n) is 13.8. The Hall–Kier alpha value is -2.25. The van der Waals surface area contributed by atoms with E-state index in [1.165, 1.54) is 6.07 Å². The lowest BCUT2D eigenvalue weighted by Crippen LogP contribution is -2.20. The van der Waals surface area contributed by atoms with Gasteiger partial charge in [0, 0.05) is 5.69 Å². The molecule has 0 aliphatic carbocycles. The van der Waals surface area contributed by atoms with Crippen molar-refractivity contribution in [3.05, 3.63) is 58.6 Å². The summed E-state index contributed by atoms with van der Waals surface area (Å²) in [6.45, 7) is 1.47. The first kappa shape index (κ1) is 20.1. The monoisotopic (exact) mass is 387 g/mol. The van der Waals surface area contributed by atoms with Crippen LogP contribution in [0.25, 0.3) is 0 Å². The van der Waals surface area contributed by atoms with Gasteiger partial charge in [-0.05, 0) is 42.3 Å². The molecule has 2 N–H and O–H groups in total. The summed E-state index contributed by atoms with van der Waals surface area (Å²) in [4.78, 5) is 11.9. The average molecular weight is 388 g/mol. The van der Waals surface area contributed by atoms with Crippen LogP contribution in [0.1, 0.15) is 30.6 Å². The molecule has 1 amide bonds. The Labute approximate surface area is 153 Å². The van der Waals surface area contributed by atoms with Crippen LogP contribution < -0.4 is 10.1 Å². The van der Waals surface area contributed by atoms with Gasteiger partial charge >= 0.3 is 6.18 Å². The molecule has 0 saturated carbocycles. The maximum Gasteiger partial charge on any atom is 0.417 e. The van der Waals surface area contributed by atoms with Crippen molar-refractivity contribution >= 4 is 23.2 Å². The third-order valence-corrected chi connectivity index (χ3v) is 3.91. The number of amides is 1. The SMILES string of the molecule is CCC(O)c1ccc(OCC(=O)Nc2ccc(Cl)c(C(F)(F)F)c2)cc1. The highest BCUT2D eigenvalue weighted by atomic mass is 35.5. The van der Waals surface area contributed by atoms with E-state index >= 15 is 0 Å². The van der Waals surface area contributed by atoms with Crippen LogP contribution in [0.5, 0.6) is 5.75 Å². The highest BCUT2D eigenvalue weighted by Gasteiger charge is 2.33. The normalized spacial score (nSPS) is 12.5. The smallest absolute Gasteiger partial charge is 0.417 e. The molecule has 0 fully saturated rings. The van der Waals surface area contributed by atoms with Crippen molar-refractivity contribution in [3.8, 4) is 5.75 Å². The third-order valence-electron chi connectivity index (χ3n) is 3.58. The molecule has 0 radical (unpaired) electrons. The standard InChI is InChI=1S/C18H17ClF3NO3/c1-2-16(24)11-3-6-13(7-4-11)26-10-17(25)23-12-5-8-15(19)14(9-12)18(20,21)22/h3-9,16,24H,2,10H2,1H3,(H,23,25). The van der Waals surface area contributed by atoms with Crippen LogP contribution in [0.2, 0.25) is 5.02 Å². The summed E-state index contributed by atoms with van der Waals surface area (Å²) < 4.78 is 43.7. The lowest BCUT2D eigenvalue weighted by molar-refractivity contribution is -0.137. The van der Waals surface area contributed by atoms with E-state index in [0.717, 1.165) is 17.7 Å². The number of carbonyl (C=O) groups excluding carboxylic acids is 1. The third kappa shape index (κ3) is 5.37. The fourth-order valence-corrected chi connectivity index (χ4v) is 2.41. The van der Waals surface area contributed by atoms with E-state index < -0.39 is 28.8 Å². The largest absolute Gasteiger partial charge is 0.484 e. The lowest BCUT2D eigenvalue weighted by Gasteiger charge is -2.12. The number of alkyl halides is 3. The second kappa shape index (κ2) is 8.42. The summed E-state index contributed by atoms with van der Waals surface area (Å²) in [5, 5.41) is 11.6. The van der Waals surface area contributed by atoms with E-state index in [1.54, 1.807) is 24.3 Å². The Morgan fingerprint density at radius 3 is 2.46 bits per heavy atom. The Morgan fingerprint density at radius 1 is 1.23 bits per heavy atom. The Morgan fingerprint density at radius 2 is 1.88 bits per heavy atom. The minimum absolute atomic E-state index is 0.0308. The van der Waals surface area contributed by atoms with Gasteiger partial charge in [-0.1, -0.05) is 30.7 Å². The Balaban J connectivity index is 1.95. The number of rotatable bonds is 6. The molecule has 0 bridgehead atoms. The number of aliphatic hydroxyl groups excluding tert-OH is 1. The Bertz CT molecular complexity index is 763. The summed E-state index contributed by atoms with van der Waals surface area (Å²) >= 11 is 5.53. The van der Waals surface area contributed by atoms with Gasteiger partial charge in [0.05, 0.1) is 16.7 Å². The van der Waals surface area contributed by atoms with Crippen molar-refractivity contribution in [2.24, 2.45) is 0 Å². The van der Waals surface area contributed by atoms with E-state index in [2.05, 4.69) is 5.32 Å². The van der Waals surface area contributed by atoms with Crippen LogP contribution in [0.3, 0.4) is 0 Å². The summed E-state index contributed by atoms with van der Waals surface area (Å²) in [6.07, 6.45) is -4.61. The fourth-order valence-electron chi connectivity index (χ4n) is 2.19. The van der Waals surface area contributed by atoms with Crippen LogP contribution in [-0.2, 0) is 11.0 Å². The van der Waals surface area contributed by atoms with Crippen LogP contribution in [0, 0.1) is 0 Å². The van der Waals surface area contributed by atoms with Crippen LogP contribution in [0.15, 0.2) is 42.5 Å². The molecule has 8 heteroatoms. The van der Waals surface area contributed by atoms with Gasteiger partial charge < -0.3 is 15.2 Å². The molecule has 0 aromatic heterocycles. The van der Waals surface area contributed by atoms with Crippen molar-refractivity contribution in [1.29, 1.82) is 0 Å². The second-order valence-electron chi connectivity index (χ2n) is 5.52. The zero-order chi connectivity index (χ0) is 19.3. The van der Waals surface area contributed by atoms with Gasteiger partial charge in [-0.3, -0.25) is 4.79 Å². The predicted molar refractivity (Wildman–Crippen MR) is 92.3 cm³/mol. The molecule has 0 aliphatic heterocycles. The van der Waals surface area contributed by atoms with Crippen LogP contribution in [0.4, 0.5) is 18.9 Å². The molecule has 2 aromatic carbocycles. The molecular formula is C18H17ClF3NO3. The van der Waals surface area contributed by atoms with Crippen LogP contribution in [-0.4, -0.2) is 17.6 Å². The number of aliphatic hydroxyl groups is 1. The predicted octanol–water partition coefficient (Wildman–Crippen LogP) is 4.82. The summed E-state index contributed by atoms with van der Waals surface area (Å²) in [5.41, 5.74) is -0.329. The van der Waals surface area contributed by atoms with Crippen molar-refractivity contribution in [1.82, 2.24) is 0 Å². The minimum Gasteiger partial charge on any atom is -0.484 e. The summed E-state index contributed by atoms with van der Waals surface area (Å²) in [6, 6.07) is 9.67. The number of hydrogen-bond acceptors (Lipinski definition) is 3. The second-order valence-corrected chi connectivity index (χ2v) is 5.93. The first-order chi connectivity index (χ1) is 12.2. The molecule has 2 aromatic rings. The van der Waals surface area contributed by atoms with Crippen molar-refractivity contribution in [3.63, 3.8) is 0 Å². The molecule has 140 valence electrons. The van der Waals surface area contributed by atoms with E-state index in [-0.39, 0.29) is 12.3 Å². The van der Waals surface area contributed by atoms with E-state index in [9.17, 15) is 23.1 Å². The molecule has 0 saturated heterocycles. The number of anilines is 1. The summed E-state index contributed by atoms with van der Waals surface area (Å²) in [7, 11) is 0. The topological polar surface area (TPSA) is 58.6 Å². The molecule has 1 atom stereocenters. The molecule has 1 unspecified atom stereocenters.